The molecular weight excluding hydrogens is 358 g/mol. The Hall–Kier alpha value is -2.38. The van der Waals surface area contributed by atoms with Crippen LogP contribution in [-0.2, 0) is 14.3 Å². The maximum absolute atomic E-state index is 12.8. The number of nitrogens with zero attached hydrogens (tertiary/aromatic N) is 2. The first kappa shape index (κ1) is 21.9. The summed E-state index contributed by atoms with van der Waals surface area (Å²) < 4.78 is 10.3. The molecule has 1 N–H and O–H groups in total. The Labute approximate surface area is 167 Å². The molecule has 0 radical (unpaired) electrons. The average molecular weight is 389 g/mol. The second kappa shape index (κ2) is 11.5. The standard InChI is InChI=1S/C21H31N3O4/c1-23(15-20(25)22-17-8-7-11-19(14-17)28-3)16-21(26)24(12-13-27-2)18-9-5-4-6-10-18/h7-9,11,14H,4-6,10,12-13,15-16H2,1-3H3,(H,22,25). The predicted octanol–water partition coefficient (Wildman–Crippen LogP) is 2.50. The Morgan fingerprint density at radius 3 is 2.68 bits per heavy atom. The Bertz CT molecular complexity index is 690. The van der Waals surface area contributed by atoms with E-state index in [0.29, 0.717) is 24.6 Å². The lowest BCUT2D eigenvalue weighted by Crippen LogP contribution is -2.42. The van der Waals surface area contributed by atoms with Gasteiger partial charge in [0, 0.05) is 31.1 Å². The van der Waals surface area contributed by atoms with Crippen LogP contribution in [0.5, 0.6) is 5.75 Å². The number of hydrogen-bond donors (Lipinski definition) is 1. The molecule has 7 nitrogen and oxygen atoms in total. The first-order valence-electron chi connectivity index (χ1n) is 9.64. The van der Waals surface area contributed by atoms with E-state index in [0.717, 1.165) is 25.0 Å². The first-order valence-corrected chi connectivity index (χ1v) is 9.64. The minimum Gasteiger partial charge on any atom is -0.497 e. The lowest BCUT2D eigenvalue weighted by molar-refractivity contribution is -0.131. The molecule has 0 saturated heterocycles. The van der Waals surface area contributed by atoms with Gasteiger partial charge in [0.1, 0.15) is 5.75 Å². The number of allylic oxidation sites excluding steroid dienone is 2. The van der Waals surface area contributed by atoms with E-state index >= 15 is 0 Å². The summed E-state index contributed by atoms with van der Waals surface area (Å²) in [5.41, 5.74) is 1.74. The number of rotatable bonds is 10. The second-order valence-electron chi connectivity index (χ2n) is 6.93. The fourth-order valence-electron chi connectivity index (χ4n) is 3.20. The van der Waals surface area contributed by atoms with E-state index in [9.17, 15) is 9.59 Å². The third-order valence-corrected chi connectivity index (χ3v) is 4.61. The number of amides is 2. The molecule has 1 aliphatic rings. The fraction of sp³-hybridized carbons (Fsp3) is 0.524. The number of ether oxygens (including phenoxy) is 2. The number of carbonyl (C=O) groups excluding carboxylic acids is 2. The minimum absolute atomic E-state index is 0.0121. The van der Waals surface area contributed by atoms with Crippen molar-refractivity contribution < 1.29 is 19.1 Å². The average Bonchev–Trinajstić information content (AvgIpc) is 2.69. The van der Waals surface area contributed by atoms with Crippen molar-refractivity contribution >= 4 is 17.5 Å². The van der Waals surface area contributed by atoms with Crippen LogP contribution in [0.25, 0.3) is 0 Å². The van der Waals surface area contributed by atoms with Crippen molar-refractivity contribution in [3.8, 4) is 5.75 Å². The molecule has 0 saturated carbocycles. The van der Waals surface area contributed by atoms with Gasteiger partial charge in [0.2, 0.25) is 11.8 Å². The summed E-state index contributed by atoms with van der Waals surface area (Å²) in [4.78, 5) is 28.6. The third kappa shape index (κ3) is 6.98. The van der Waals surface area contributed by atoms with Crippen molar-refractivity contribution in [2.75, 3.05) is 52.8 Å². The van der Waals surface area contributed by atoms with E-state index in [1.54, 1.807) is 43.2 Å². The van der Waals surface area contributed by atoms with Crippen molar-refractivity contribution in [2.24, 2.45) is 0 Å². The predicted molar refractivity (Wildman–Crippen MR) is 109 cm³/mol. The van der Waals surface area contributed by atoms with Gasteiger partial charge < -0.3 is 19.7 Å². The smallest absolute Gasteiger partial charge is 0.240 e. The SMILES string of the molecule is COCCN(C(=O)CN(C)CC(=O)Nc1cccc(OC)c1)C1=CCCCC1. The van der Waals surface area contributed by atoms with E-state index in [4.69, 9.17) is 9.47 Å². The largest absolute Gasteiger partial charge is 0.497 e. The van der Waals surface area contributed by atoms with Crippen LogP contribution < -0.4 is 10.1 Å². The number of carbonyl (C=O) groups is 2. The summed E-state index contributed by atoms with van der Waals surface area (Å²) in [5.74, 6) is 0.488. The van der Waals surface area contributed by atoms with Crippen LogP contribution in [0.15, 0.2) is 36.0 Å². The van der Waals surface area contributed by atoms with Crippen LogP contribution in [0.3, 0.4) is 0 Å². The van der Waals surface area contributed by atoms with Crippen molar-refractivity contribution in [3.05, 3.63) is 36.0 Å². The molecule has 0 atom stereocenters. The normalized spacial score (nSPS) is 13.8. The Morgan fingerprint density at radius 1 is 1.18 bits per heavy atom. The van der Waals surface area contributed by atoms with Gasteiger partial charge in [-0.15, -0.1) is 0 Å². The highest BCUT2D eigenvalue weighted by molar-refractivity contribution is 5.92. The van der Waals surface area contributed by atoms with Gasteiger partial charge in [0.05, 0.1) is 26.8 Å². The van der Waals surface area contributed by atoms with Gasteiger partial charge in [-0.25, -0.2) is 0 Å². The molecule has 2 rings (SSSR count). The highest BCUT2D eigenvalue weighted by atomic mass is 16.5. The van der Waals surface area contributed by atoms with Crippen LogP contribution in [0.4, 0.5) is 5.69 Å². The molecule has 0 heterocycles. The molecule has 0 fully saturated rings. The van der Waals surface area contributed by atoms with Crippen LogP contribution in [-0.4, -0.2) is 69.1 Å². The van der Waals surface area contributed by atoms with Crippen LogP contribution in [0, 0.1) is 0 Å². The van der Waals surface area contributed by atoms with E-state index in [-0.39, 0.29) is 24.9 Å². The van der Waals surface area contributed by atoms with Crippen LogP contribution in [0.2, 0.25) is 0 Å². The Kier molecular flexibility index (Phi) is 8.97. The van der Waals surface area contributed by atoms with Gasteiger partial charge in [-0.2, -0.15) is 0 Å². The zero-order valence-corrected chi connectivity index (χ0v) is 17.1. The molecule has 1 aliphatic carbocycles. The summed E-state index contributed by atoms with van der Waals surface area (Å²) in [6, 6.07) is 7.18. The fourth-order valence-corrected chi connectivity index (χ4v) is 3.20. The van der Waals surface area contributed by atoms with E-state index in [1.165, 1.54) is 6.42 Å². The van der Waals surface area contributed by atoms with E-state index in [1.807, 2.05) is 12.1 Å². The van der Waals surface area contributed by atoms with Gasteiger partial charge in [-0.05, 0) is 44.9 Å². The molecule has 1 aromatic rings. The number of nitrogens with one attached hydrogen (secondary N) is 1. The summed E-state index contributed by atoms with van der Waals surface area (Å²) in [6.45, 7) is 1.32. The summed E-state index contributed by atoms with van der Waals surface area (Å²) in [6.07, 6.45) is 6.33. The molecule has 7 heteroatoms. The molecule has 0 unspecified atom stereocenters. The van der Waals surface area contributed by atoms with Crippen molar-refractivity contribution in [1.29, 1.82) is 0 Å². The summed E-state index contributed by atoms with van der Waals surface area (Å²) >= 11 is 0. The minimum atomic E-state index is -0.177. The van der Waals surface area contributed by atoms with Crippen molar-refractivity contribution in [3.63, 3.8) is 0 Å². The third-order valence-electron chi connectivity index (χ3n) is 4.61. The summed E-state index contributed by atoms with van der Waals surface area (Å²) in [5, 5.41) is 2.83. The van der Waals surface area contributed by atoms with Gasteiger partial charge >= 0.3 is 0 Å². The first-order chi connectivity index (χ1) is 13.5. The zero-order chi connectivity index (χ0) is 20.4. The molecule has 28 heavy (non-hydrogen) atoms. The molecule has 1 aromatic carbocycles. The number of benzene rings is 1. The molecule has 0 aliphatic heterocycles. The molecule has 0 aromatic heterocycles. The molecular formula is C21H31N3O4. The Balaban J connectivity index is 1.89. The topological polar surface area (TPSA) is 71.1 Å². The van der Waals surface area contributed by atoms with Crippen LogP contribution >= 0.6 is 0 Å². The van der Waals surface area contributed by atoms with Crippen molar-refractivity contribution in [2.45, 2.75) is 25.7 Å². The molecule has 0 spiro atoms. The van der Waals surface area contributed by atoms with Crippen LogP contribution in [0.1, 0.15) is 25.7 Å². The Morgan fingerprint density at radius 2 is 2.00 bits per heavy atom. The molecule has 0 bridgehead atoms. The highest BCUT2D eigenvalue weighted by Crippen LogP contribution is 2.21. The van der Waals surface area contributed by atoms with Gasteiger partial charge in [-0.1, -0.05) is 12.1 Å². The number of hydrogen-bond acceptors (Lipinski definition) is 5. The summed E-state index contributed by atoms with van der Waals surface area (Å²) in [7, 11) is 4.98. The van der Waals surface area contributed by atoms with E-state index in [2.05, 4.69) is 11.4 Å². The lowest BCUT2D eigenvalue weighted by Gasteiger charge is -2.29. The van der Waals surface area contributed by atoms with Gasteiger partial charge in [-0.3, -0.25) is 14.5 Å². The van der Waals surface area contributed by atoms with Gasteiger partial charge in [0.25, 0.3) is 0 Å². The maximum atomic E-state index is 12.8. The number of likely N-dealkylation sites (N-methyl/N-ethyl adjacent to an activating group) is 1. The highest BCUT2D eigenvalue weighted by Gasteiger charge is 2.21. The lowest BCUT2D eigenvalue weighted by atomic mass is 10.0. The number of methoxy groups -OCH3 is 2. The second-order valence-corrected chi connectivity index (χ2v) is 6.93. The number of anilines is 1. The maximum Gasteiger partial charge on any atom is 0.240 e. The quantitative estimate of drug-likeness (QED) is 0.666. The molecule has 2 amide bonds. The van der Waals surface area contributed by atoms with E-state index < -0.39 is 0 Å². The van der Waals surface area contributed by atoms with Crippen molar-refractivity contribution in [1.82, 2.24) is 9.80 Å². The monoisotopic (exact) mass is 389 g/mol. The molecule has 154 valence electrons. The van der Waals surface area contributed by atoms with Gasteiger partial charge in [0.15, 0.2) is 0 Å². The zero-order valence-electron chi connectivity index (χ0n) is 17.1.